The van der Waals surface area contributed by atoms with Gasteiger partial charge < -0.3 is 14.7 Å². The molecule has 2 aromatic carbocycles. The SMILES string of the molecule is C=[N+](CCCC)/C(C(=O)N(Cc1ccccc1)Cc1ccc(C(F)(F)F)cc1)=C(/[O-])OCC. The van der Waals surface area contributed by atoms with Crippen molar-refractivity contribution in [2.24, 2.45) is 0 Å². The summed E-state index contributed by atoms with van der Waals surface area (Å²) in [5.74, 6) is -1.37. The minimum absolute atomic E-state index is 0.0103. The summed E-state index contributed by atoms with van der Waals surface area (Å²) in [6.45, 7) is 8.12. The van der Waals surface area contributed by atoms with Crippen LogP contribution in [-0.4, -0.2) is 35.3 Å². The monoisotopic (exact) mass is 462 g/mol. The van der Waals surface area contributed by atoms with Crippen molar-refractivity contribution in [2.45, 2.75) is 46.0 Å². The molecule has 0 atom stereocenters. The number of carbonyl (C=O) groups excluding carboxylic acids is 1. The van der Waals surface area contributed by atoms with Crippen LogP contribution in [0, 0.1) is 0 Å². The predicted molar refractivity (Wildman–Crippen MR) is 118 cm³/mol. The molecule has 0 aliphatic heterocycles. The second-order valence-corrected chi connectivity index (χ2v) is 7.53. The van der Waals surface area contributed by atoms with E-state index in [1.165, 1.54) is 21.6 Å². The fraction of sp³-hybridized carbons (Fsp3) is 0.360. The van der Waals surface area contributed by atoms with Crippen molar-refractivity contribution in [3.8, 4) is 0 Å². The van der Waals surface area contributed by atoms with Gasteiger partial charge in [0.15, 0.2) is 0 Å². The third kappa shape index (κ3) is 7.66. The molecule has 2 aromatic rings. The molecule has 0 saturated carbocycles. The van der Waals surface area contributed by atoms with Crippen LogP contribution in [-0.2, 0) is 28.8 Å². The maximum atomic E-state index is 13.5. The van der Waals surface area contributed by atoms with E-state index >= 15 is 0 Å². The first-order chi connectivity index (χ1) is 15.7. The van der Waals surface area contributed by atoms with Gasteiger partial charge in [-0.05, 0) is 29.9 Å². The topological polar surface area (TPSA) is 55.6 Å². The first-order valence-corrected chi connectivity index (χ1v) is 10.8. The fourth-order valence-electron chi connectivity index (χ4n) is 3.18. The Labute approximate surface area is 192 Å². The highest BCUT2D eigenvalue weighted by molar-refractivity contribution is 5.91. The van der Waals surface area contributed by atoms with Crippen molar-refractivity contribution in [1.82, 2.24) is 4.90 Å². The number of amides is 1. The van der Waals surface area contributed by atoms with E-state index in [4.69, 9.17) is 4.74 Å². The number of nitrogens with zero attached hydrogens (tertiary/aromatic N) is 2. The molecule has 0 bridgehead atoms. The standard InChI is InChI=1S/C25H29F3N2O3/c1-4-6-16-29(3)22(24(32)33-5-2)23(31)30(17-19-10-8-7-9-11-19)18-20-12-14-21(15-13-20)25(26,27)28/h7-15H,3-6,16-18H2,1-2H3. The van der Waals surface area contributed by atoms with Crippen LogP contribution in [0.25, 0.3) is 0 Å². The van der Waals surface area contributed by atoms with Gasteiger partial charge in [0.25, 0.3) is 5.70 Å². The molecule has 0 radical (unpaired) electrons. The molecule has 0 N–H and O–H groups in total. The molecule has 0 aromatic heterocycles. The molecular formula is C25H29F3N2O3. The van der Waals surface area contributed by atoms with E-state index in [1.807, 2.05) is 37.3 Å². The number of hydrogen-bond acceptors (Lipinski definition) is 3. The summed E-state index contributed by atoms with van der Waals surface area (Å²) in [6, 6.07) is 13.8. The van der Waals surface area contributed by atoms with Crippen LogP contribution in [0.5, 0.6) is 0 Å². The van der Waals surface area contributed by atoms with Gasteiger partial charge in [0.1, 0.15) is 19.2 Å². The lowest BCUT2D eigenvalue weighted by Crippen LogP contribution is -2.37. The summed E-state index contributed by atoms with van der Waals surface area (Å²) in [4.78, 5) is 14.9. The molecule has 0 fully saturated rings. The number of benzene rings is 2. The highest BCUT2D eigenvalue weighted by Crippen LogP contribution is 2.29. The Morgan fingerprint density at radius 1 is 1.03 bits per heavy atom. The molecule has 0 aliphatic rings. The van der Waals surface area contributed by atoms with Crippen LogP contribution in [0.3, 0.4) is 0 Å². The average Bonchev–Trinajstić information content (AvgIpc) is 2.78. The number of ether oxygens (including phenoxy) is 1. The largest absolute Gasteiger partial charge is 0.609 e. The maximum Gasteiger partial charge on any atom is 0.416 e. The lowest BCUT2D eigenvalue weighted by Gasteiger charge is -2.25. The van der Waals surface area contributed by atoms with E-state index in [9.17, 15) is 23.1 Å². The van der Waals surface area contributed by atoms with Gasteiger partial charge in [0, 0.05) is 19.5 Å². The number of carbonyl (C=O) groups is 1. The van der Waals surface area contributed by atoms with Crippen LogP contribution in [0.1, 0.15) is 43.4 Å². The summed E-state index contributed by atoms with van der Waals surface area (Å²) in [6.07, 6.45) is -2.89. The smallest absolute Gasteiger partial charge is 0.416 e. The fourth-order valence-corrected chi connectivity index (χ4v) is 3.18. The van der Waals surface area contributed by atoms with E-state index in [0.29, 0.717) is 12.1 Å². The minimum atomic E-state index is -4.45. The second kappa shape index (κ2) is 12.1. The molecule has 0 saturated heterocycles. The summed E-state index contributed by atoms with van der Waals surface area (Å²) in [5.41, 5.74) is 0.340. The lowest BCUT2D eigenvalue weighted by molar-refractivity contribution is -0.484. The molecule has 1 amide bonds. The third-order valence-corrected chi connectivity index (χ3v) is 4.93. The number of hydrogen-bond donors (Lipinski definition) is 0. The first kappa shape index (κ1) is 26.0. The van der Waals surface area contributed by atoms with E-state index in [1.54, 1.807) is 6.92 Å². The quantitative estimate of drug-likeness (QED) is 0.216. The van der Waals surface area contributed by atoms with Gasteiger partial charge >= 0.3 is 12.1 Å². The van der Waals surface area contributed by atoms with Crippen LogP contribution < -0.4 is 5.11 Å². The Kier molecular flexibility index (Phi) is 9.51. The summed E-state index contributed by atoms with van der Waals surface area (Å²) in [7, 11) is 0. The van der Waals surface area contributed by atoms with Gasteiger partial charge in [-0.1, -0.05) is 62.7 Å². The molecule has 8 heteroatoms. The van der Waals surface area contributed by atoms with Crippen molar-refractivity contribution in [2.75, 3.05) is 13.2 Å². The zero-order valence-electron chi connectivity index (χ0n) is 18.9. The molecule has 2 rings (SSSR count). The van der Waals surface area contributed by atoms with Crippen LogP contribution in [0.2, 0.25) is 0 Å². The predicted octanol–water partition coefficient (Wildman–Crippen LogP) is 4.31. The van der Waals surface area contributed by atoms with E-state index < -0.39 is 23.6 Å². The average molecular weight is 463 g/mol. The molecule has 0 spiro atoms. The maximum absolute atomic E-state index is 13.5. The number of halogens is 3. The molecule has 0 unspecified atom stereocenters. The highest BCUT2D eigenvalue weighted by Gasteiger charge is 2.31. The van der Waals surface area contributed by atoms with Crippen molar-refractivity contribution < 1.29 is 32.4 Å². The summed E-state index contributed by atoms with van der Waals surface area (Å²) in [5, 5.41) is 12.6. The highest BCUT2D eigenvalue weighted by atomic mass is 19.4. The molecule has 0 heterocycles. The minimum Gasteiger partial charge on any atom is -0.609 e. The van der Waals surface area contributed by atoms with Gasteiger partial charge in [-0.3, -0.25) is 4.79 Å². The van der Waals surface area contributed by atoms with Crippen molar-refractivity contribution in [3.63, 3.8) is 0 Å². The zero-order valence-corrected chi connectivity index (χ0v) is 18.9. The Hall–Kier alpha value is -3.29. The number of rotatable bonds is 11. The second-order valence-electron chi connectivity index (χ2n) is 7.53. The molecule has 178 valence electrons. The Bertz CT molecular complexity index is 955. The molecular weight excluding hydrogens is 433 g/mol. The van der Waals surface area contributed by atoms with E-state index in [2.05, 4.69) is 6.72 Å². The van der Waals surface area contributed by atoms with Crippen molar-refractivity contribution in [1.29, 1.82) is 0 Å². The van der Waals surface area contributed by atoms with Crippen molar-refractivity contribution >= 4 is 12.6 Å². The van der Waals surface area contributed by atoms with E-state index in [0.717, 1.165) is 30.5 Å². The Morgan fingerprint density at radius 3 is 2.12 bits per heavy atom. The molecule has 5 nitrogen and oxygen atoms in total. The van der Waals surface area contributed by atoms with Gasteiger partial charge in [-0.15, -0.1) is 0 Å². The van der Waals surface area contributed by atoms with Gasteiger partial charge in [0.2, 0.25) is 0 Å². The van der Waals surface area contributed by atoms with E-state index in [-0.39, 0.29) is 25.4 Å². The Balaban J connectivity index is 2.40. The number of alkyl halides is 3. The van der Waals surface area contributed by atoms with Crippen molar-refractivity contribution in [3.05, 3.63) is 82.9 Å². The number of unbranched alkanes of at least 4 members (excludes halogenated alkanes) is 1. The van der Waals surface area contributed by atoms with Crippen LogP contribution in [0.4, 0.5) is 13.2 Å². The summed E-state index contributed by atoms with van der Waals surface area (Å²) < 4.78 is 45.2. The third-order valence-electron chi connectivity index (χ3n) is 4.93. The summed E-state index contributed by atoms with van der Waals surface area (Å²) >= 11 is 0. The van der Waals surface area contributed by atoms with Gasteiger partial charge in [-0.2, -0.15) is 17.7 Å². The normalized spacial score (nSPS) is 12.2. The van der Waals surface area contributed by atoms with Gasteiger partial charge in [-0.25, -0.2) is 0 Å². The van der Waals surface area contributed by atoms with Crippen LogP contribution in [0.15, 0.2) is 66.2 Å². The molecule has 0 aliphatic carbocycles. The lowest BCUT2D eigenvalue weighted by atomic mass is 10.1. The van der Waals surface area contributed by atoms with Crippen LogP contribution >= 0.6 is 0 Å². The van der Waals surface area contributed by atoms with Gasteiger partial charge in [0.05, 0.1) is 5.56 Å². The zero-order chi connectivity index (χ0) is 24.4. The Morgan fingerprint density at radius 2 is 1.61 bits per heavy atom. The first-order valence-electron chi connectivity index (χ1n) is 10.8. The molecule has 33 heavy (non-hydrogen) atoms.